The Morgan fingerprint density at radius 2 is 1.64 bits per heavy atom. The normalized spacial score (nSPS) is 7.36. The molecule has 0 atom stereocenters. The Labute approximate surface area is 94.6 Å². The van der Waals surface area contributed by atoms with E-state index < -0.39 is 0 Å². The van der Waals surface area contributed by atoms with Crippen molar-refractivity contribution in [1.29, 1.82) is 0 Å². The van der Waals surface area contributed by atoms with Crippen LogP contribution in [-0.2, 0) is 32.7 Å². The summed E-state index contributed by atoms with van der Waals surface area (Å²) in [4.78, 5) is 0. The molecular formula is C10H13Y-. The van der Waals surface area contributed by atoms with Gasteiger partial charge < -0.3 is 7.43 Å². The molecule has 0 aliphatic rings. The average molecular weight is 222 g/mol. The molecule has 1 aromatic rings. The summed E-state index contributed by atoms with van der Waals surface area (Å²) in [6, 6.07) is 10.2. The van der Waals surface area contributed by atoms with Crippen LogP contribution in [0, 0.1) is 7.43 Å². The van der Waals surface area contributed by atoms with Crippen LogP contribution >= 0.6 is 0 Å². The standard InChI is InChI=1S/C9H10.CH3.Y/c1-8(2)9-6-4-3-5-7-9;;/h3-7H,1H2,2H3;1H3;/q;-1;. The fourth-order valence-electron chi connectivity index (χ4n) is 0.723. The van der Waals surface area contributed by atoms with E-state index in [1.54, 1.807) is 0 Å². The first-order chi connectivity index (χ1) is 4.30. The van der Waals surface area contributed by atoms with Crippen molar-refractivity contribution in [3.05, 3.63) is 49.9 Å². The molecule has 0 unspecified atom stereocenters. The van der Waals surface area contributed by atoms with Crippen LogP contribution in [0.4, 0.5) is 0 Å². The Kier molecular flexibility index (Phi) is 8.38. The molecule has 0 saturated carbocycles. The second-order valence-electron chi connectivity index (χ2n) is 2.15. The zero-order valence-electron chi connectivity index (χ0n) is 7.17. The van der Waals surface area contributed by atoms with E-state index in [-0.39, 0.29) is 40.1 Å². The van der Waals surface area contributed by atoms with Crippen LogP contribution in [0.15, 0.2) is 36.9 Å². The molecule has 1 aromatic carbocycles. The number of hydrogen-bond acceptors (Lipinski definition) is 0. The monoisotopic (exact) mass is 222 g/mol. The number of benzene rings is 1. The van der Waals surface area contributed by atoms with E-state index in [9.17, 15) is 0 Å². The molecule has 0 N–H and O–H groups in total. The van der Waals surface area contributed by atoms with Crippen molar-refractivity contribution in [1.82, 2.24) is 0 Å². The van der Waals surface area contributed by atoms with Crippen LogP contribution in [0.1, 0.15) is 12.5 Å². The Hall–Kier alpha value is 0.0639. The van der Waals surface area contributed by atoms with E-state index in [1.807, 2.05) is 25.1 Å². The van der Waals surface area contributed by atoms with Crippen molar-refractivity contribution < 1.29 is 32.7 Å². The van der Waals surface area contributed by atoms with Crippen molar-refractivity contribution in [3.63, 3.8) is 0 Å². The van der Waals surface area contributed by atoms with Crippen LogP contribution < -0.4 is 0 Å². The van der Waals surface area contributed by atoms with Gasteiger partial charge in [-0.05, 0) is 12.5 Å². The van der Waals surface area contributed by atoms with E-state index in [4.69, 9.17) is 0 Å². The van der Waals surface area contributed by atoms with Crippen molar-refractivity contribution in [2.24, 2.45) is 0 Å². The first-order valence-corrected chi connectivity index (χ1v) is 3.01. The summed E-state index contributed by atoms with van der Waals surface area (Å²) in [5, 5.41) is 0. The van der Waals surface area contributed by atoms with Gasteiger partial charge in [-0.25, -0.2) is 0 Å². The van der Waals surface area contributed by atoms with Gasteiger partial charge >= 0.3 is 0 Å². The van der Waals surface area contributed by atoms with Crippen LogP contribution in [0.25, 0.3) is 5.57 Å². The van der Waals surface area contributed by atoms with Crippen molar-refractivity contribution in [3.8, 4) is 0 Å². The Morgan fingerprint density at radius 1 is 1.18 bits per heavy atom. The molecule has 0 aromatic heterocycles. The molecule has 0 fully saturated rings. The largest absolute Gasteiger partial charge is 0.358 e. The summed E-state index contributed by atoms with van der Waals surface area (Å²) in [6.07, 6.45) is 0. The predicted octanol–water partition coefficient (Wildman–Crippen LogP) is 3.17. The first kappa shape index (κ1) is 13.6. The number of allylic oxidation sites excluding steroid dienone is 1. The van der Waals surface area contributed by atoms with E-state index in [0.717, 1.165) is 5.57 Å². The fourth-order valence-corrected chi connectivity index (χ4v) is 0.723. The van der Waals surface area contributed by atoms with Gasteiger partial charge in [0.25, 0.3) is 0 Å². The van der Waals surface area contributed by atoms with Gasteiger partial charge in [0.05, 0.1) is 0 Å². The van der Waals surface area contributed by atoms with E-state index in [1.165, 1.54) is 5.56 Å². The maximum Gasteiger partial charge on any atom is 0 e. The number of rotatable bonds is 1. The number of hydrogen-bond donors (Lipinski definition) is 0. The van der Waals surface area contributed by atoms with Crippen LogP contribution in [-0.4, -0.2) is 0 Å². The molecule has 57 valence electrons. The zero-order valence-corrected chi connectivity index (χ0v) is 10.0. The third-order valence-corrected chi connectivity index (χ3v) is 1.27. The van der Waals surface area contributed by atoms with Gasteiger partial charge in [0.15, 0.2) is 0 Å². The summed E-state index contributed by atoms with van der Waals surface area (Å²) in [5.41, 5.74) is 2.34. The molecule has 1 rings (SSSR count). The Bertz CT molecular complexity index is 201. The molecule has 0 heterocycles. The topological polar surface area (TPSA) is 0 Å². The molecule has 0 amide bonds. The zero-order chi connectivity index (χ0) is 6.69. The van der Waals surface area contributed by atoms with Crippen LogP contribution in [0.2, 0.25) is 0 Å². The quantitative estimate of drug-likeness (QED) is 0.640. The van der Waals surface area contributed by atoms with Gasteiger partial charge in [0.2, 0.25) is 0 Å². The minimum absolute atomic E-state index is 0. The maximum absolute atomic E-state index is 3.83. The molecule has 0 nitrogen and oxygen atoms in total. The van der Waals surface area contributed by atoms with Crippen molar-refractivity contribution in [2.45, 2.75) is 6.92 Å². The smallest absolute Gasteiger partial charge is 0 e. The molecule has 0 spiro atoms. The minimum atomic E-state index is 0. The molecule has 0 aliphatic heterocycles. The van der Waals surface area contributed by atoms with Crippen molar-refractivity contribution >= 4 is 5.57 Å². The molecule has 11 heavy (non-hydrogen) atoms. The summed E-state index contributed by atoms with van der Waals surface area (Å²) < 4.78 is 0. The van der Waals surface area contributed by atoms with Gasteiger partial charge in [-0.3, -0.25) is 0 Å². The van der Waals surface area contributed by atoms with Gasteiger partial charge in [0, 0.05) is 32.7 Å². The first-order valence-electron chi connectivity index (χ1n) is 3.01. The van der Waals surface area contributed by atoms with E-state index >= 15 is 0 Å². The summed E-state index contributed by atoms with van der Waals surface area (Å²) in [7, 11) is 0. The summed E-state index contributed by atoms with van der Waals surface area (Å²) >= 11 is 0. The van der Waals surface area contributed by atoms with Gasteiger partial charge in [-0.1, -0.05) is 42.5 Å². The van der Waals surface area contributed by atoms with E-state index in [0.29, 0.717) is 0 Å². The second kappa shape index (κ2) is 6.75. The summed E-state index contributed by atoms with van der Waals surface area (Å²) in [6.45, 7) is 5.83. The molecule has 0 bridgehead atoms. The SMILES string of the molecule is C=C(C)c1ccccc1.[CH3-].[Y]. The third kappa shape index (κ3) is 4.50. The van der Waals surface area contributed by atoms with Gasteiger partial charge in [0.1, 0.15) is 0 Å². The Balaban J connectivity index is 0. The Morgan fingerprint density at radius 3 is 1.91 bits per heavy atom. The molecule has 1 radical (unpaired) electrons. The second-order valence-corrected chi connectivity index (χ2v) is 2.15. The van der Waals surface area contributed by atoms with Crippen LogP contribution in [0.3, 0.4) is 0 Å². The summed E-state index contributed by atoms with van der Waals surface area (Å²) in [5.74, 6) is 0. The molecular weight excluding hydrogens is 209 g/mol. The third-order valence-electron chi connectivity index (χ3n) is 1.27. The molecule has 1 heteroatoms. The maximum atomic E-state index is 3.83. The van der Waals surface area contributed by atoms with Gasteiger partial charge in [-0.2, -0.15) is 0 Å². The van der Waals surface area contributed by atoms with Gasteiger partial charge in [-0.15, -0.1) is 0 Å². The molecule has 0 saturated heterocycles. The molecule has 0 aliphatic carbocycles. The predicted molar refractivity (Wildman–Crippen MR) is 47.6 cm³/mol. The average Bonchev–Trinajstić information content (AvgIpc) is 1.90. The van der Waals surface area contributed by atoms with Crippen LogP contribution in [0.5, 0.6) is 0 Å². The fraction of sp³-hybridized carbons (Fsp3) is 0.100. The minimum Gasteiger partial charge on any atom is -0.358 e. The van der Waals surface area contributed by atoms with Crippen molar-refractivity contribution in [2.75, 3.05) is 0 Å². The van der Waals surface area contributed by atoms with E-state index in [2.05, 4.69) is 18.7 Å².